The van der Waals surface area contributed by atoms with Crippen molar-refractivity contribution in [1.82, 2.24) is 10.2 Å². The summed E-state index contributed by atoms with van der Waals surface area (Å²) in [7, 11) is 0. The van der Waals surface area contributed by atoms with E-state index in [0.717, 1.165) is 6.42 Å². The largest absolute Gasteiger partial charge is 0.378 e. The van der Waals surface area contributed by atoms with Gasteiger partial charge >= 0.3 is 0 Å². The molecule has 1 saturated heterocycles. The normalized spacial score (nSPS) is 32.8. The molecule has 1 aliphatic heterocycles. The van der Waals surface area contributed by atoms with Gasteiger partial charge in [0.25, 0.3) is 0 Å². The second kappa shape index (κ2) is 4.47. The Labute approximate surface area is 114 Å². The zero-order chi connectivity index (χ0) is 14.4. The van der Waals surface area contributed by atoms with E-state index in [0.29, 0.717) is 6.61 Å². The number of rotatable bonds is 3. The van der Waals surface area contributed by atoms with Crippen LogP contribution in [0.5, 0.6) is 0 Å². The smallest absolute Gasteiger partial charge is 0.248 e. The van der Waals surface area contributed by atoms with E-state index >= 15 is 0 Å². The van der Waals surface area contributed by atoms with Gasteiger partial charge in [-0.3, -0.25) is 9.59 Å². The molecule has 0 bridgehead atoms. The Morgan fingerprint density at radius 2 is 1.95 bits per heavy atom. The van der Waals surface area contributed by atoms with Gasteiger partial charge in [0, 0.05) is 18.1 Å². The van der Waals surface area contributed by atoms with E-state index in [1.54, 1.807) is 18.7 Å². The Bertz CT molecular complexity index is 403. The molecule has 5 nitrogen and oxygen atoms in total. The predicted molar refractivity (Wildman–Crippen MR) is 71.5 cm³/mol. The maximum atomic E-state index is 12.4. The van der Waals surface area contributed by atoms with Crippen LogP contribution >= 0.6 is 0 Å². The van der Waals surface area contributed by atoms with Gasteiger partial charge in [-0.1, -0.05) is 13.8 Å². The molecule has 108 valence electrons. The molecule has 2 fully saturated rings. The Kier molecular flexibility index (Phi) is 3.37. The molecule has 1 aliphatic carbocycles. The van der Waals surface area contributed by atoms with Gasteiger partial charge < -0.3 is 15.0 Å². The van der Waals surface area contributed by atoms with E-state index in [-0.39, 0.29) is 35.9 Å². The third-order valence-electron chi connectivity index (χ3n) is 4.43. The van der Waals surface area contributed by atoms with Crippen LogP contribution in [0.3, 0.4) is 0 Å². The maximum Gasteiger partial charge on any atom is 0.248 e. The Morgan fingerprint density at radius 3 is 2.47 bits per heavy atom. The summed E-state index contributed by atoms with van der Waals surface area (Å²) in [5.74, 6) is -0.0830. The van der Waals surface area contributed by atoms with Gasteiger partial charge in [-0.15, -0.1) is 0 Å². The van der Waals surface area contributed by atoms with E-state index in [4.69, 9.17) is 4.74 Å². The molecule has 2 aliphatic rings. The molecule has 5 heteroatoms. The second-order valence-electron chi connectivity index (χ2n) is 6.62. The first kappa shape index (κ1) is 14.3. The topological polar surface area (TPSA) is 58.6 Å². The van der Waals surface area contributed by atoms with Gasteiger partial charge in [0.05, 0.1) is 12.6 Å². The van der Waals surface area contributed by atoms with Crippen LogP contribution < -0.4 is 5.32 Å². The first-order valence-electron chi connectivity index (χ1n) is 6.94. The average Bonchev–Trinajstić information content (AvgIpc) is 2.29. The van der Waals surface area contributed by atoms with Crippen molar-refractivity contribution < 1.29 is 14.3 Å². The number of nitrogens with zero attached hydrogens (tertiary/aromatic N) is 1. The minimum atomic E-state index is -0.803. The van der Waals surface area contributed by atoms with Gasteiger partial charge in [0.1, 0.15) is 5.54 Å². The number of carbonyl (C=O) groups is 2. The fraction of sp³-hybridized carbons (Fsp3) is 0.857. The fourth-order valence-electron chi connectivity index (χ4n) is 3.16. The van der Waals surface area contributed by atoms with Crippen molar-refractivity contribution in [3.05, 3.63) is 0 Å². The van der Waals surface area contributed by atoms with Crippen LogP contribution in [0.15, 0.2) is 0 Å². The SMILES string of the molecule is CCOC1CC(N2CC(=O)NC(C)(C)C2=O)C1(C)C. The van der Waals surface area contributed by atoms with Crippen molar-refractivity contribution in [2.75, 3.05) is 13.2 Å². The van der Waals surface area contributed by atoms with Crippen LogP contribution in [0.4, 0.5) is 0 Å². The lowest BCUT2D eigenvalue weighted by molar-refractivity contribution is -0.178. The van der Waals surface area contributed by atoms with Crippen LogP contribution in [0.1, 0.15) is 41.0 Å². The summed E-state index contributed by atoms with van der Waals surface area (Å²) in [4.78, 5) is 25.9. The van der Waals surface area contributed by atoms with E-state index in [2.05, 4.69) is 19.2 Å². The summed E-state index contributed by atoms with van der Waals surface area (Å²) in [6.45, 7) is 10.5. The molecule has 2 rings (SSSR count). The molecule has 2 unspecified atom stereocenters. The van der Waals surface area contributed by atoms with Crippen LogP contribution in [-0.2, 0) is 14.3 Å². The molecular weight excluding hydrogens is 244 g/mol. The monoisotopic (exact) mass is 268 g/mol. The van der Waals surface area contributed by atoms with E-state index in [1.807, 2.05) is 6.92 Å². The van der Waals surface area contributed by atoms with Gasteiger partial charge in [0.2, 0.25) is 11.8 Å². The van der Waals surface area contributed by atoms with Crippen LogP contribution in [0, 0.1) is 5.41 Å². The first-order valence-corrected chi connectivity index (χ1v) is 6.94. The molecule has 0 aromatic heterocycles. The number of amides is 2. The number of piperazine rings is 1. The third-order valence-corrected chi connectivity index (χ3v) is 4.43. The highest BCUT2D eigenvalue weighted by Crippen LogP contribution is 2.46. The van der Waals surface area contributed by atoms with Gasteiger partial charge in [-0.05, 0) is 27.2 Å². The molecule has 1 heterocycles. The van der Waals surface area contributed by atoms with Crippen LogP contribution in [0.25, 0.3) is 0 Å². The third kappa shape index (κ3) is 2.24. The van der Waals surface area contributed by atoms with Crippen molar-refractivity contribution >= 4 is 11.8 Å². The van der Waals surface area contributed by atoms with Crippen LogP contribution in [-0.4, -0.2) is 47.6 Å². The number of ether oxygens (including phenoxy) is 1. The number of nitrogens with one attached hydrogen (secondary N) is 1. The molecule has 2 amide bonds. The maximum absolute atomic E-state index is 12.4. The van der Waals surface area contributed by atoms with Crippen molar-refractivity contribution in [3.63, 3.8) is 0 Å². The highest BCUT2D eigenvalue weighted by Gasteiger charge is 2.55. The lowest BCUT2D eigenvalue weighted by Crippen LogP contribution is -2.72. The first-order chi connectivity index (χ1) is 8.70. The second-order valence-corrected chi connectivity index (χ2v) is 6.62. The lowest BCUT2D eigenvalue weighted by atomic mass is 9.63. The van der Waals surface area contributed by atoms with Gasteiger partial charge in [-0.2, -0.15) is 0 Å². The zero-order valence-electron chi connectivity index (χ0n) is 12.4. The minimum Gasteiger partial charge on any atom is -0.378 e. The van der Waals surface area contributed by atoms with Crippen molar-refractivity contribution in [2.45, 2.75) is 58.7 Å². The fourth-order valence-corrected chi connectivity index (χ4v) is 3.16. The molecule has 0 aromatic rings. The Balaban J connectivity index is 2.15. The summed E-state index contributed by atoms with van der Waals surface area (Å²) in [6.07, 6.45) is 0.985. The summed E-state index contributed by atoms with van der Waals surface area (Å²) in [6, 6.07) is 0.0851. The summed E-state index contributed by atoms with van der Waals surface area (Å²) >= 11 is 0. The molecule has 0 spiro atoms. The Morgan fingerprint density at radius 1 is 1.32 bits per heavy atom. The minimum absolute atomic E-state index is 0.000114. The summed E-state index contributed by atoms with van der Waals surface area (Å²) in [5, 5.41) is 2.74. The Hall–Kier alpha value is -1.10. The number of hydrogen-bond acceptors (Lipinski definition) is 3. The number of carbonyl (C=O) groups excluding carboxylic acids is 2. The molecule has 0 radical (unpaired) electrons. The van der Waals surface area contributed by atoms with Crippen molar-refractivity contribution in [3.8, 4) is 0 Å². The molecular formula is C14H24N2O3. The van der Waals surface area contributed by atoms with Crippen molar-refractivity contribution in [2.24, 2.45) is 5.41 Å². The lowest BCUT2D eigenvalue weighted by Gasteiger charge is -2.57. The van der Waals surface area contributed by atoms with Crippen LogP contribution in [0.2, 0.25) is 0 Å². The van der Waals surface area contributed by atoms with E-state index in [9.17, 15) is 9.59 Å². The van der Waals surface area contributed by atoms with Crippen molar-refractivity contribution in [1.29, 1.82) is 0 Å². The molecule has 19 heavy (non-hydrogen) atoms. The predicted octanol–water partition coefficient (Wildman–Crippen LogP) is 0.927. The summed E-state index contributed by atoms with van der Waals surface area (Å²) < 4.78 is 5.69. The van der Waals surface area contributed by atoms with E-state index < -0.39 is 5.54 Å². The molecule has 1 saturated carbocycles. The average molecular weight is 268 g/mol. The molecule has 1 N–H and O–H groups in total. The summed E-state index contributed by atoms with van der Waals surface area (Å²) in [5.41, 5.74) is -0.901. The van der Waals surface area contributed by atoms with Gasteiger partial charge in [-0.25, -0.2) is 0 Å². The molecule has 2 atom stereocenters. The highest BCUT2D eigenvalue weighted by molar-refractivity contribution is 5.97. The quantitative estimate of drug-likeness (QED) is 0.828. The highest BCUT2D eigenvalue weighted by atomic mass is 16.5. The zero-order valence-corrected chi connectivity index (χ0v) is 12.4. The number of hydrogen-bond donors (Lipinski definition) is 1. The standard InChI is InChI=1S/C14H24N2O3/c1-6-19-10-7-9(13(10,2)3)16-8-11(17)15-14(4,5)12(16)18/h9-10H,6-8H2,1-5H3,(H,15,17). The molecule has 0 aromatic carbocycles. The van der Waals surface area contributed by atoms with Gasteiger partial charge in [0.15, 0.2) is 0 Å². The van der Waals surface area contributed by atoms with E-state index in [1.165, 1.54) is 0 Å².